The lowest BCUT2D eigenvalue weighted by Crippen LogP contribution is -1.95. The van der Waals surface area contributed by atoms with Gasteiger partial charge in [0.2, 0.25) is 0 Å². The molecule has 17 heavy (non-hydrogen) atoms. The predicted molar refractivity (Wildman–Crippen MR) is 65.8 cm³/mol. The number of ether oxygens (including phenoxy) is 1. The van der Waals surface area contributed by atoms with Gasteiger partial charge in [-0.05, 0) is 30.5 Å². The molecule has 0 heterocycles. The van der Waals surface area contributed by atoms with Crippen LogP contribution in [0.25, 0.3) is 0 Å². The Morgan fingerprint density at radius 2 is 2.06 bits per heavy atom. The van der Waals surface area contributed by atoms with Crippen LogP contribution in [0.15, 0.2) is 24.3 Å². The highest BCUT2D eigenvalue weighted by Crippen LogP contribution is 2.07. The number of carboxylic acid groups (broad SMARTS) is 1. The van der Waals surface area contributed by atoms with Crippen molar-refractivity contribution in [1.29, 1.82) is 0 Å². The van der Waals surface area contributed by atoms with Gasteiger partial charge < -0.3 is 9.84 Å². The summed E-state index contributed by atoms with van der Waals surface area (Å²) in [6.07, 6.45) is 1.68. The van der Waals surface area contributed by atoms with Gasteiger partial charge in [-0.15, -0.1) is 0 Å². The average molecular weight is 232 g/mol. The number of hydrogen-bond donors (Lipinski definition) is 1. The molecule has 0 fully saturated rings. The van der Waals surface area contributed by atoms with Crippen molar-refractivity contribution in [3.8, 4) is 11.8 Å². The van der Waals surface area contributed by atoms with Gasteiger partial charge in [0, 0.05) is 19.1 Å². The van der Waals surface area contributed by atoms with Crippen LogP contribution in [0.5, 0.6) is 0 Å². The highest BCUT2D eigenvalue weighted by Gasteiger charge is 1.98. The zero-order chi connectivity index (χ0) is 12.5. The van der Waals surface area contributed by atoms with Gasteiger partial charge in [-0.1, -0.05) is 24.0 Å². The quantitative estimate of drug-likeness (QED) is 0.791. The maximum absolute atomic E-state index is 10.4. The molecule has 3 heteroatoms. The molecule has 0 aliphatic rings. The van der Waals surface area contributed by atoms with Crippen LogP contribution in [0.1, 0.15) is 24.0 Å². The van der Waals surface area contributed by atoms with Crippen molar-refractivity contribution in [1.82, 2.24) is 0 Å². The number of carboxylic acids is 1. The van der Waals surface area contributed by atoms with Gasteiger partial charge >= 0.3 is 5.97 Å². The van der Waals surface area contributed by atoms with E-state index in [9.17, 15) is 4.79 Å². The van der Waals surface area contributed by atoms with Crippen LogP contribution in [0.2, 0.25) is 0 Å². The Bertz CT molecular complexity index is 409. The predicted octanol–water partition coefficient (Wildman–Crippen LogP) is 2.09. The minimum atomic E-state index is -0.743. The summed E-state index contributed by atoms with van der Waals surface area (Å²) < 4.78 is 4.83. The SMILES string of the molecule is COCC#Cc1ccc(CCCC(=O)O)cc1. The van der Waals surface area contributed by atoms with E-state index in [0.29, 0.717) is 13.0 Å². The molecule has 1 N–H and O–H groups in total. The molecule has 90 valence electrons. The van der Waals surface area contributed by atoms with E-state index in [0.717, 1.165) is 17.5 Å². The summed E-state index contributed by atoms with van der Waals surface area (Å²) in [4.78, 5) is 10.4. The van der Waals surface area contributed by atoms with E-state index in [1.807, 2.05) is 24.3 Å². The Labute approximate surface area is 101 Å². The van der Waals surface area contributed by atoms with E-state index in [1.54, 1.807) is 7.11 Å². The topological polar surface area (TPSA) is 46.5 Å². The minimum absolute atomic E-state index is 0.218. The third-order valence-corrected chi connectivity index (χ3v) is 2.26. The summed E-state index contributed by atoms with van der Waals surface area (Å²) in [7, 11) is 1.61. The summed E-state index contributed by atoms with van der Waals surface area (Å²) >= 11 is 0. The molecule has 0 unspecified atom stereocenters. The number of methoxy groups -OCH3 is 1. The molecule has 0 atom stereocenters. The number of rotatable bonds is 5. The molecular weight excluding hydrogens is 216 g/mol. The lowest BCUT2D eigenvalue weighted by molar-refractivity contribution is -0.137. The van der Waals surface area contributed by atoms with Crippen LogP contribution in [-0.2, 0) is 16.0 Å². The van der Waals surface area contributed by atoms with Crippen molar-refractivity contribution in [2.45, 2.75) is 19.3 Å². The van der Waals surface area contributed by atoms with Gasteiger partial charge in [0.1, 0.15) is 6.61 Å². The third kappa shape index (κ3) is 5.74. The number of aryl methyl sites for hydroxylation is 1. The molecule has 0 spiro atoms. The summed E-state index contributed by atoms with van der Waals surface area (Å²) in [6, 6.07) is 7.86. The average Bonchev–Trinajstić information content (AvgIpc) is 2.31. The monoisotopic (exact) mass is 232 g/mol. The molecule has 1 rings (SSSR count). The number of aliphatic carboxylic acids is 1. The molecule has 3 nitrogen and oxygen atoms in total. The van der Waals surface area contributed by atoms with Gasteiger partial charge in [-0.2, -0.15) is 0 Å². The Morgan fingerprint density at radius 1 is 1.35 bits per heavy atom. The fraction of sp³-hybridized carbons (Fsp3) is 0.357. The van der Waals surface area contributed by atoms with E-state index in [4.69, 9.17) is 9.84 Å². The van der Waals surface area contributed by atoms with Crippen LogP contribution in [0.4, 0.5) is 0 Å². The molecule has 0 saturated carbocycles. The zero-order valence-electron chi connectivity index (χ0n) is 9.90. The second-order valence-electron chi connectivity index (χ2n) is 3.68. The Morgan fingerprint density at radius 3 is 2.65 bits per heavy atom. The van der Waals surface area contributed by atoms with Gasteiger partial charge in [-0.25, -0.2) is 0 Å². The van der Waals surface area contributed by atoms with Crippen LogP contribution in [-0.4, -0.2) is 24.8 Å². The third-order valence-electron chi connectivity index (χ3n) is 2.26. The van der Waals surface area contributed by atoms with Crippen LogP contribution in [0.3, 0.4) is 0 Å². The largest absolute Gasteiger partial charge is 0.481 e. The second kappa shape index (κ2) is 7.48. The van der Waals surface area contributed by atoms with Crippen molar-refractivity contribution in [3.63, 3.8) is 0 Å². The van der Waals surface area contributed by atoms with Crippen molar-refractivity contribution in [2.24, 2.45) is 0 Å². The Balaban J connectivity index is 2.45. The van der Waals surface area contributed by atoms with E-state index >= 15 is 0 Å². The Hall–Kier alpha value is -1.79. The molecule has 1 aromatic rings. The normalized spacial score (nSPS) is 9.47. The van der Waals surface area contributed by atoms with E-state index in [-0.39, 0.29) is 6.42 Å². The summed E-state index contributed by atoms with van der Waals surface area (Å²) in [5.74, 6) is 5.11. The molecule has 0 saturated heterocycles. The molecule has 0 bridgehead atoms. The first-order valence-electron chi connectivity index (χ1n) is 5.51. The molecule has 1 aromatic carbocycles. The molecule has 0 radical (unpaired) electrons. The molecule has 0 aliphatic carbocycles. The minimum Gasteiger partial charge on any atom is -0.481 e. The lowest BCUT2D eigenvalue weighted by Gasteiger charge is -1.99. The first kappa shape index (κ1) is 13.3. The second-order valence-corrected chi connectivity index (χ2v) is 3.68. The molecule has 0 aromatic heterocycles. The standard InChI is InChI=1S/C14H16O3/c1-17-11-3-5-13-9-7-12(8-10-13)4-2-6-14(15)16/h7-10H,2,4,6,11H2,1H3,(H,15,16). The number of hydrogen-bond acceptors (Lipinski definition) is 2. The van der Waals surface area contributed by atoms with E-state index < -0.39 is 5.97 Å². The van der Waals surface area contributed by atoms with Crippen molar-refractivity contribution in [3.05, 3.63) is 35.4 Å². The van der Waals surface area contributed by atoms with Gasteiger partial charge in [0.05, 0.1) is 0 Å². The first-order valence-corrected chi connectivity index (χ1v) is 5.51. The van der Waals surface area contributed by atoms with E-state index in [1.165, 1.54) is 0 Å². The maximum atomic E-state index is 10.4. The highest BCUT2D eigenvalue weighted by molar-refractivity contribution is 5.66. The fourth-order valence-corrected chi connectivity index (χ4v) is 1.41. The van der Waals surface area contributed by atoms with Gasteiger partial charge in [0.25, 0.3) is 0 Å². The van der Waals surface area contributed by atoms with Crippen molar-refractivity contribution >= 4 is 5.97 Å². The van der Waals surface area contributed by atoms with Crippen molar-refractivity contribution < 1.29 is 14.6 Å². The summed E-state index contributed by atoms with van der Waals surface area (Å²) in [5.41, 5.74) is 2.09. The lowest BCUT2D eigenvalue weighted by atomic mass is 10.1. The number of carbonyl (C=O) groups is 1. The molecular formula is C14H16O3. The maximum Gasteiger partial charge on any atom is 0.303 e. The zero-order valence-corrected chi connectivity index (χ0v) is 9.90. The van der Waals surface area contributed by atoms with Crippen LogP contribution < -0.4 is 0 Å². The van der Waals surface area contributed by atoms with Crippen LogP contribution >= 0.6 is 0 Å². The van der Waals surface area contributed by atoms with Crippen LogP contribution in [0, 0.1) is 11.8 Å². The molecule has 0 amide bonds. The fourth-order valence-electron chi connectivity index (χ4n) is 1.41. The van der Waals surface area contributed by atoms with E-state index in [2.05, 4.69) is 11.8 Å². The first-order chi connectivity index (χ1) is 8.22. The highest BCUT2D eigenvalue weighted by atomic mass is 16.5. The Kier molecular flexibility index (Phi) is 5.84. The number of benzene rings is 1. The smallest absolute Gasteiger partial charge is 0.303 e. The van der Waals surface area contributed by atoms with Gasteiger partial charge in [0.15, 0.2) is 0 Å². The van der Waals surface area contributed by atoms with Gasteiger partial charge in [-0.3, -0.25) is 4.79 Å². The summed E-state index contributed by atoms with van der Waals surface area (Å²) in [5, 5.41) is 8.53. The summed E-state index contributed by atoms with van der Waals surface area (Å²) in [6.45, 7) is 0.431. The molecule has 0 aliphatic heterocycles. The van der Waals surface area contributed by atoms with Crippen molar-refractivity contribution in [2.75, 3.05) is 13.7 Å².